The Morgan fingerprint density at radius 2 is 1.12 bits per heavy atom. The maximum absolute atomic E-state index is 12.8. The van der Waals surface area contributed by atoms with Gasteiger partial charge in [-0.1, -0.05) is 109 Å². The summed E-state index contributed by atoms with van der Waals surface area (Å²) in [4.78, 5) is 25.5. The van der Waals surface area contributed by atoms with Gasteiger partial charge in [-0.3, -0.25) is 9.59 Å². The second-order valence-corrected chi connectivity index (χ2v) is 8.83. The Balaban J connectivity index is 2.24. The lowest BCUT2D eigenvalue weighted by molar-refractivity contribution is -0.173. The molecule has 0 atom stereocenters. The monoisotopic (exact) mass is 446 g/mol. The minimum Gasteiger partial charge on any atom is -0.465 e. The standard InChI is InChI=1S/C28H46O4/c1-4-7-8-9-10-11-12-13-14-18-23-31-26(29)28(5-2,6-3)27(30)32-24-19-22-25-20-16-15-17-21-25/h15-17,20-21H,4-14,18-19,22-24H2,1-3H3. The summed E-state index contributed by atoms with van der Waals surface area (Å²) in [5.41, 5.74) is 0.0438. The Morgan fingerprint density at radius 1 is 0.656 bits per heavy atom. The van der Waals surface area contributed by atoms with Gasteiger partial charge in [0.05, 0.1) is 13.2 Å². The molecule has 0 fully saturated rings. The van der Waals surface area contributed by atoms with Crippen LogP contribution in [0.4, 0.5) is 0 Å². The van der Waals surface area contributed by atoms with Crippen LogP contribution in [0.3, 0.4) is 0 Å². The number of hydrogen-bond donors (Lipinski definition) is 0. The van der Waals surface area contributed by atoms with Crippen LogP contribution in [0.5, 0.6) is 0 Å². The molecule has 0 bridgehead atoms. The molecule has 0 aliphatic heterocycles. The quantitative estimate of drug-likeness (QED) is 0.126. The van der Waals surface area contributed by atoms with Crippen LogP contribution in [0.15, 0.2) is 30.3 Å². The van der Waals surface area contributed by atoms with E-state index in [1.165, 1.54) is 56.9 Å². The summed E-state index contributed by atoms with van der Waals surface area (Å²) in [6.45, 7) is 6.67. The van der Waals surface area contributed by atoms with Gasteiger partial charge >= 0.3 is 11.9 Å². The molecule has 1 rings (SSSR count). The highest BCUT2D eigenvalue weighted by atomic mass is 16.6. The summed E-state index contributed by atoms with van der Waals surface area (Å²) in [7, 11) is 0. The fourth-order valence-corrected chi connectivity index (χ4v) is 4.03. The molecule has 32 heavy (non-hydrogen) atoms. The second-order valence-electron chi connectivity index (χ2n) is 8.83. The van der Waals surface area contributed by atoms with E-state index in [9.17, 15) is 9.59 Å². The van der Waals surface area contributed by atoms with Gasteiger partial charge in [0.15, 0.2) is 5.41 Å². The van der Waals surface area contributed by atoms with Gasteiger partial charge in [0.1, 0.15) is 0 Å². The zero-order valence-electron chi connectivity index (χ0n) is 20.8. The number of ether oxygens (including phenoxy) is 2. The molecule has 0 aromatic heterocycles. The molecule has 0 amide bonds. The number of rotatable bonds is 19. The van der Waals surface area contributed by atoms with Gasteiger partial charge in [-0.05, 0) is 37.7 Å². The molecule has 0 spiro atoms. The molecule has 0 saturated carbocycles. The van der Waals surface area contributed by atoms with Gasteiger partial charge < -0.3 is 9.47 Å². The first kappa shape index (κ1) is 28.2. The van der Waals surface area contributed by atoms with Crippen LogP contribution < -0.4 is 0 Å². The Labute approximate surface area is 196 Å². The maximum Gasteiger partial charge on any atom is 0.323 e. The van der Waals surface area contributed by atoms with E-state index in [0.29, 0.717) is 26.1 Å². The summed E-state index contributed by atoms with van der Waals surface area (Å²) in [6.07, 6.45) is 14.7. The first-order valence-electron chi connectivity index (χ1n) is 13.0. The first-order chi connectivity index (χ1) is 15.6. The highest BCUT2D eigenvalue weighted by molar-refractivity contribution is 5.99. The van der Waals surface area contributed by atoms with Crippen molar-refractivity contribution in [2.45, 2.75) is 111 Å². The summed E-state index contributed by atoms with van der Waals surface area (Å²) < 4.78 is 11.0. The molecule has 4 nitrogen and oxygen atoms in total. The van der Waals surface area contributed by atoms with E-state index in [-0.39, 0.29) is 0 Å². The fourth-order valence-electron chi connectivity index (χ4n) is 4.03. The zero-order chi connectivity index (χ0) is 23.5. The van der Waals surface area contributed by atoms with E-state index in [1.807, 2.05) is 32.0 Å². The highest BCUT2D eigenvalue weighted by Gasteiger charge is 2.45. The van der Waals surface area contributed by atoms with Gasteiger partial charge in [0.25, 0.3) is 0 Å². The van der Waals surface area contributed by atoms with Gasteiger partial charge in [-0.2, -0.15) is 0 Å². The third-order valence-electron chi connectivity index (χ3n) is 6.41. The molecule has 0 aliphatic rings. The van der Waals surface area contributed by atoms with E-state index in [4.69, 9.17) is 9.47 Å². The molecule has 4 heteroatoms. The summed E-state index contributed by atoms with van der Waals surface area (Å²) in [5, 5.41) is 0. The third-order valence-corrected chi connectivity index (χ3v) is 6.41. The van der Waals surface area contributed by atoms with E-state index >= 15 is 0 Å². The molecule has 0 N–H and O–H groups in total. The van der Waals surface area contributed by atoms with Crippen molar-refractivity contribution in [1.29, 1.82) is 0 Å². The molecule has 0 saturated heterocycles. The highest BCUT2D eigenvalue weighted by Crippen LogP contribution is 2.30. The van der Waals surface area contributed by atoms with Gasteiger partial charge in [0.2, 0.25) is 0 Å². The Morgan fingerprint density at radius 3 is 1.62 bits per heavy atom. The van der Waals surface area contributed by atoms with Crippen LogP contribution in [0.25, 0.3) is 0 Å². The van der Waals surface area contributed by atoms with E-state index in [2.05, 4.69) is 19.1 Å². The van der Waals surface area contributed by atoms with Crippen molar-refractivity contribution in [2.75, 3.05) is 13.2 Å². The van der Waals surface area contributed by atoms with Gasteiger partial charge in [-0.25, -0.2) is 0 Å². The minimum atomic E-state index is -1.18. The van der Waals surface area contributed by atoms with Crippen LogP contribution in [-0.2, 0) is 25.5 Å². The predicted octanol–water partition coefficient (Wildman–Crippen LogP) is 7.43. The molecular weight excluding hydrogens is 400 g/mol. The van der Waals surface area contributed by atoms with Crippen molar-refractivity contribution in [2.24, 2.45) is 5.41 Å². The van der Waals surface area contributed by atoms with Crippen LogP contribution in [0.2, 0.25) is 0 Å². The largest absolute Gasteiger partial charge is 0.465 e. The van der Waals surface area contributed by atoms with Crippen LogP contribution >= 0.6 is 0 Å². The smallest absolute Gasteiger partial charge is 0.323 e. The zero-order valence-corrected chi connectivity index (χ0v) is 20.8. The number of unbranched alkanes of at least 4 members (excludes halogenated alkanes) is 9. The lowest BCUT2D eigenvalue weighted by Crippen LogP contribution is -2.41. The molecule has 182 valence electrons. The van der Waals surface area contributed by atoms with Crippen molar-refractivity contribution >= 4 is 11.9 Å². The molecule has 0 unspecified atom stereocenters. The lowest BCUT2D eigenvalue weighted by atomic mass is 9.82. The van der Waals surface area contributed by atoms with Crippen molar-refractivity contribution in [3.63, 3.8) is 0 Å². The summed E-state index contributed by atoms with van der Waals surface area (Å²) in [6, 6.07) is 10.1. The van der Waals surface area contributed by atoms with Crippen LogP contribution in [0, 0.1) is 5.41 Å². The van der Waals surface area contributed by atoms with Crippen molar-refractivity contribution in [3.8, 4) is 0 Å². The topological polar surface area (TPSA) is 52.6 Å². The van der Waals surface area contributed by atoms with E-state index in [0.717, 1.165) is 25.7 Å². The molecule has 0 aliphatic carbocycles. The Hall–Kier alpha value is -1.84. The Bertz CT molecular complexity index is 607. The van der Waals surface area contributed by atoms with Gasteiger partial charge in [0, 0.05) is 0 Å². The molecular formula is C28H46O4. The second kappa shape index (κ2) is 17.7. The predicted molar refractivity (Wildman–Crippen MR) is 132 cm³/mol. The van der Waals surface area contributed by atoms with Crippen LogP contribution in [-0.4, -0.2) is 25.2 Å². The number of carbonyl (C=O) groups excluding carboxylic acids is 2. The first-order valence-corrected chi connectivity index (χ1v) is 13.0. The number of esters is 2. The van der Waals surface area contributed by atoms with E-state index < -0.39 is 17.4 Å². The van der Waals surface area contributed by atoms with Crippen LogP contribution in [0.1, 0.15) is 110 Å². The number of aryl methyl sites for hydroxylation is 1. The average molecular weight is 447 g/mol. The number of carbonyl (C=O) groups is 2. The fraction of sp³-hybridized carbons (Fsp3) is 0.714. The summed E-state index contributed by atoms with van der Waals surface area (Å²) >= 11 is 0. The molecule has 1 aromatic carbocycles. The Kier molecular flexibility index (Phi) is 15.6. The summed E-state index contributed by atoms with van der Waals surface area (Å²) in [5.74, 6) is -0.866. The van der Waals surface area contributed by atoms with Gasteiger partial charge in [-0.15, -0.1) is 0 Å². The normalized spacial score (nSPS) is 11.3. The van der Waals surface area contributed by atoms with Crippen molar-refractivity contribution < 1.29 is 19.1 Å². The third kappa shape index (κ3) is 10.7. The SMILES string of the molecule is CCCCCCCCCCCCOC(=O)C(CC)(CC)C(=O)OCCCc1ccccc1. The van der Waals surface area contributed by atoms with E-state index in [1.54, 1.807) is 0 Å². The minimum absolute atomic E-state index is 0.321. The van der Waals surface area contributed by atoms with Crippen molar-refractivity contribution in [3.05, 3.63) is 35.9 Å². The van der Waals surface area contributed by atoms with Crippen molar-refractivity contribution in [1.82, 2.24) is 0 Å². The number of benzene rings is 1. The molecule has 0 heterocycles. The lowest BCUT2D eigenvalue weighted by Gasteiger charge is -2.27. The maximum atomic E-state index is 12.8. The molecule has 0 radical (unpaired) electrons. The molecule has 1 aromatic rings. The number of hydrogen-bond acceptors (Lipinski definition) is 4. The average Bonchev–Trinajstić information content (AvgIpc) is 2.82.